The number of benzene rings is 1. The van der Waals surface area contributed by atoms with Gasteiger partial charge in [0.15, 0.2) is 0 Å². The molecule has 1 aromatic heterocycles. The van der Waals surface area contributed by atoms with Gasteiger partial charge in [0, 0.05) is 12.6 Å². The third kappa shape index (κ3) is 1.98. The van der Waals surface area contributed by atoms with Crippen molar-refractivity contribution in [1.82, 2.24) is 4.57 Å². The average molecular weight is 291 g/mol. The first-order chi connectivity index (χ1) is 9.95. The molecule has 1 fully saturated rings. The van der Waals surface area contributed by atoms with Crippen molar-refractivity contribution in [3.63, 3.8) is 0 Å². The molecule has 1 aliphatic rings. The van der Waals surface area contributed by atoms with Crippen LogP contribution in [0.2, 0.25) is 0 Å². The predicted molar refractivity (Wildman–Crippen MR) is 75.0 cm³/mol. The van der Waals surface area contributed by atoms with Gasteiger partial charge < -0.3 is 14.4 Å². The molecule has 0 saturated heterocycles. The highest BCUT2D eigenvalue weighted by Crippen LogP contribution is 2.42. The van der Waals surface area contributed by atoms with Gasteiger partial charge in [0.25, 0.3) is 0 Å². The van der Waals surface area contributed by atoms with Crippen LogP contribution in [-0.4, -0.2) is 28.9 Å². The lowest BCUT2D eigenvalue weighted by atomic mass is 10.1. The maximum Gasteiger partial charge on any atom is 0.341 e. The highest BCUT2D eigenvalue weighted by atomic mass is 19.1. The van der Waals surface area contributed by atoms with Crippen molar-refractivity contribution in [1.29, 1.82) is 0 Å². The van der Waals surface area contributed by atoms with Crippen LogP contribution in [0.25, 0.3) is 10.9 Å². The lowest BCUT2D eigenvalue weighted by Gasteiger charge is -2.16. The summed E-state index contributed by atoms with van der Waals surface area (Å²) in [5.74, 6) is -0.841. The molecule has 3 rings (SSSR count). The summed E-state index contributed by atoms with van der Waals surface area (Å²) in [6, 6.07) is 2.81. The Morgan fingerprint density at radius 2 is 2.14 bits per heavy atom. The zero-order valence-corrected chi connectivity index (χ0v) is 11.6. The molecule has 1 aromatic carbocycles. The number of alkyl halides is 1. The van der Waals surface area contributed by atoms with E-state index in [1.54, 1.807) is 12.1 Å². The van der Waals surface area contributed by atoms with Crippen molar-refractivity contribution in [2.24, 2.45) is 0 Å². The normalized spacial score (nSPS) is 20.5. The van der Waals surface area contributed by atoms with Crippen LogP contribution in [0.5, 0.6) is 5.75 Å². The Kier molecular flexibility index (Phi) is 2.97. The highest BCUT2D eigenvalue weighted by Gasteiger charge is 2.40. The van der Waals surface area contributed by atoms with Crippen molar-refractivity contribution in [2.45, 2.75) is 25.6 Å². The van der Waals surface area contributed by atoms with Crippen LogP contribution in [0.1, 0.15) is 28.4 Å². The van der Waals surface area contributed by atoms with Gasteiger partial charge in [-0.25, -0.2) is 9.18 Å². The number of carbonyl (C=O) groups is 1. The Labute approximate surface area is 119 Å². The standard InChI is InChI=1S/C15H14FNO4/c1-7-3-4-8-12(14(7)21-2)17(11-5-10(11)16)6-9(13(8)18)15(19)20/h3-4,6,10-11H,5H2,1-2H3,(H,19,20). The van der Waals surface area contributed by atoms with E-state index < -0.39 is 23.6 Å². The Morgan fingerprint density at radius 3 is 2.67 bits per heavy atom. The number of halogens is 1. The molecule has 1 saturated carbocycles. The van der Waals surface area contributed by atoms with Gasteiger partial charge in [-0.1, -0.05) is 6.07 Å². The third-order valence-corrected chi connectivity index (χ3v) is 3.82. The Morgan fingerprint density at radius 1 is 1.48 bits per heavy atom. The number of fused-ring (bicyclic) bond motifs is 1. The first kappa shape index (κ1) is 13.6. The van der Waals surface area contributed by atoms with E-state index in [1.807, 2.05) is 6.92 Å². The predicted octanol–water partition coefficient (Wildman–Crippen LogP) is 2.30. The summed E-state index contributed by atoms with van der Waals surface area (Å²) in [5, 5.41) is 9.39. The number of nitrogens with zero attached hydrogens (tertiary/aromatic N) is 1. The van der Waals surface area contributed by atoms with Crippen LogP contribution >= 0.6 is 0 Å². The van der Waals surface area contributed by atoms with Crippen molar-refractivity contribution in [2.75, 3.05) is 7.11 Å². The van der Waals surface area contributed by atoms with Crippen LogP contribution in [0.4, 0.5) is 4.39 Å². The summed E-state index contributed by atoms with van der Waals surface area (Å²) < 4.78 is 20.3. The summed E-state index contributed by atoms with van der Waals surface area (Å²) in [7, 11) is 1.47. The number of aryl methyl sites for hydroxylation is 1. The van der Waals surface area contributed by atoms with Gasteiger partial charge in [0.05, 0.1) is 24.1 Å². The van der Waals surface area contributed by atoms with Gasteiger partial charge in [-0.15, -0.1) is 0 Å². The number of aromatic nitrogens is 1. The molecule has 0 aliphatic heterocycles. The molecular weight excluding hydrogens is 277 g/mol. The van der Waals surface area contributed by atoms with Gasteiger partial charge >= 0.3 is 5.97 Å². The fraction of sp³-hybridized carbons (Fsp3) is 0.333. The molecule has 21 heavy (non-hydrogen) atoms. The summed E-state index contributed by atoms with van der Waals surface area (Å²) in [6.07, 6.45) is 0.510. The van der Waals surface area contributed by atoms with Crippen LogP contribution in [-0.2, 0) is 0 Å². The van der Waals surface area contributed by atoms with Crippen LogP contribution < -0.4 is 10.2 Å². The van der Waals surface area contributed by atoms with Crippen LogP contribution in [0.3, 0.4) is 0 Å². The summed E-state index contributed by atoms with van der Waals surface area (Å²) in [6.45, 7) is 1.82. The average Bonchev–Trinajstić information content (AvgIpc) is 3.15. The second kappa shape index (κ2) is 4.58. The minimum atomic E-state index is -1.31. The minimum absolute atomic E-state index is 0.233. The molecule has 1 aliphatic carbocycles. The van der Waals surface area contributed by atoms with Gasteiger partial charge in [-0.3, -0.25) is 4.79 Å². The summed E-state index contributed by atoms with van der Waals surface area (Å²) >= 11 is 0. The number of carboxylic acids is 1. The van der Waals surface area contributed by atoms with E-state index in [2.05, 4.69) is 0 Å². The number of methoxy groups -OCH3 is 1. The zero-order valence-electron chi connectivity index (χ0n) is 11.6. The first-order valence-corrected chi connectivity index (χ1v) is 6.55. The number of aromatic carboxylic acids is 1. The second-order valence-electron chi connectivity index (χ2n) is 5.22. The largest absolute Gasteiger partial charge is 0.494 e. The molecule has 6 heteroatoms. The quantitative estimate of drug-likeness (QED) is 0.942. The summed E-state index contributed by atoms with van der Waals surface area (Å²) in [4.78, 5) is 23.5. The maximum atomic E-state index is 13.5. The van der Waals surface area contributed by atoms with Gasteiger partial charge in [0.1, 0.15) is 17.5 Å². The van der Waals surface area contributed by atoms with E-state index in [0.29, 0.717) is 17.7 Å². The summed E-state index contributed by atoms with van der Waals surface area (Å²) in [5.41, 5.74) is 0.325. The molecule has 0 spiro atoms. The molecule has 110 valence electrons. The fourth-order valence-corrected chi connectivity index (χ4v) is 2.63. The molecule has 0 radical (unpaired) electrons. The molecule has 2 unspecified atom stereocenters. The first-order valence-electron chi connectivity index (χ1n) is 6.55. The van der Waals surface area contributed by atoms with E-state index in [0.717, 1.165) is 5.56 Å². The second-order valence-corrected chi connectivity index (χ2v) is 5.22. The van der Waals surface area contributed by atoms with Gasteiger partial charge in [-0.2, -0.15) is 0 Å². The SMILES string of the molecule is COc1c(C)ccc2c(=O)c(C(=O)O)cn(C3CC3F)c12. The van der Waals surface area contributed by atoms with Crippen LogP contribution in [0.15, 0.2) is 23.1 Å². The third-order valence-electron chi connectivity index (χ3n) is 3.82. The number of hydrogen-bond acceptors (Lipinski definition) is 3. The number of carboxylic acid groups (broad SMARTS) is 1. The maximum absolute atomic E-state index is 13.5. The number of rotatable bonds is 3. The Bertz CT molecular complexity index is 811. The zero-order chi connectivity index (χ0) is 15.3. The van der Waals surface area contributed by atoms with E-state index >= 15 is 0 Å². The van der Waals surface area contributed by atoms with E-state index in [4.69, 9.17) is 9.84 Å². The van der Waals surface area contributed by atoms with E-state index in [-0.39, 0.29) is 10.9 Å². The fourth-order valence-electron chi connectivity index (χ4n) is 2.63. The molecule has 0 amide bonds. The van der Waals surface area contributed by atoms with E-state index in [9.17, 15) is 14.0 Å². The van der Waals surface area contributed by atoms with Crippen molar-refractivity contribution in [3.05, 3.63) is 39.7 Å². The molecule has 1 heterocycles. The van der Waals surface area contributed by atoms with Gasteiger partial charge in [-0.05, 0) is 18.6 Å². The molecule has 5 nitrogen and oxygen atoms in total. The van der Waals surface area contributed by atoms with Crippen molar-refractivity contribution < 1.29 is 19.0 Å². The smallest absolute Gasteiger partial charge is 0.341 e. The highest BCUT2D eigenvalue weighted by molar-refractivity contribution is 5.95. The monoisotopic (exact) mass is 291 g/mol. The van der Waals surface area contributed by atoms with Crippen molar-refractivity contribution >= 4 is 16.9 Å². The molecule has 2 atom stereocenters. The number of ether oxygens (including phenoxy) is 1. The minimum Gasteiger partial charge on any atom is -0.494 e. The lowest BCUT2D eigenvalue weighted by Crippen LogP contribution is -2.19. The van der Waals surface area contributed by atoms with Crippen molar-refractivity contribution in [3.8, 4) is 5.75 Å². The van der Waals surface area contributed by atoms with Crippen LogP contribution in [0, 0.1) is 6.92 Å². The molecule has 1 N–H and O–H groups in total. The molecule has 2 aromatic rings. The number of pyridine rings is 1. The van der Waals surface area contributed by atoms with E-state index in [1.165, 1.54) is 17.9 Å². The topological polar surface area (TPSA) is 68.5 Å². The lowest BCUT2D eigenvalue weighted by molar-refractivity contribution is 0.0694. The Balaban J connectivity index is 2.46. The van der Waals surface area contributed by atoms with Gasteiger partial charge in [0.2, 0.25) is 5.43 Å². The number of hydrogen-bond donors (Lipinski definition) is 1. The molecule has 0 bridgehead atoms. The Hall–Kier alpha value is -2.37. The molecular formula is C15H14FNO4.